The molecule has 0 spiro atoms. The van der Waals surface area contributed by atoms with E-state index in [1.54, 1.807) is 12.1 Å². The Morgan fingerprint density at radius 1 is 1.50 bits per heavy atom. The zero-order valence-electron chi connectivity index (χ0n) is 11.2. The summed E-state index contributed by atoms with van der Waals surface area (Å²) in [6.45, 7) is 5.64. The maximum Gasteiger partial charge on any atom is 0.237 e. The van der Waals surface area contributed by atoms with Gasteiger partial charge in [-0.05, 0) is 38.0 Å². The molecule has 3 nitrogen and oxygen atoms in total. The molecular formula is C14H21FN2O. The van der Waals surface area contributed by atoms with Crippen molar-refractivity contribution in [3.63, 3.8) is 0 Å². The molecule has 4 heteroatoms. The Balaban J connectivity index is 2.78. The van der Waals surface area contributed by atoms with Crippen LogP contribution in [0.5, 0.6) is 0 Å². The average Bonchev–Trinajstić information content (AvgIpc) is 2.28. The van der Waals surface area contributed by atoms with Crippen LogP contribution >= 0.6 is 0 Å². The van der Waals surface area contributed by atoms with Gasteiger partial charge in [-0.2, -0.15) is 0 Å². The van der Waals surface area contributed by atoms with Crippen molar-refractivity contribution in [3.8, 4) is 0 Å². The summed E-state index contributed by atoms with van der Waals surface area (Å²) in [4.78, 5) is 11.9. The number of rotatable bonds is 5. The highest BCUT2D eigenvalue weighted by atomic mass is 19.1. The number of benzene rings is 1. The molecule has 0 saturated carbocycles. The minimum Gasteiger partial charge on any atom is -0.346 e. The second kappa shape index (κ2) is 5.96. The molecule has 0 aliphatic rings. The van der Waals surface area contributed by atoms with E-state index in [0.29, 0.717) is 6.42 Å². The van der Waals surface area contributed by atoms with Crippen molar-refractivity contribution in [2.45, 2.75) is 45.2 Å². The van der Waals surface area contributed by atoms with Crippen LogP contribution in [0, 0.1) is 5.82 Å². The molecule has 0 aliphatic carbocycles. The normalized spacial score (nSPS) is 13.2. The number of halogens is 1. The van der Waals surface area contributed by atoms with Gasteiger partial charge in [0.2, 0.25) is 5.91 Å². The summed E-state index contributed by atoms with van der Waals surface area (Å²) < 4.78 is 13.2. The predicted molar refractivity (Wildman–Crippen MR) is 70.5 cm³/mol. The summed E-state index contributed by atoms with van der Waals surface area (Å²) in [7, 11) is 0. The minimum absolute atomic E-state index is 0.203. The van der Waals surface area contributed by atoms with Crippen LogP contribution in [0.2, 0.25) is 0 Å². The van der Waals surface area contributed by atoms with Crippen molar-refractivity contribution in [2.75, 3.05) is 0 Å². The van der Waals surface area contributed by atoms with E-state index >= 15 is 0 Å². The van der Waals surface area contributed by atoms with Gasteiger partial charge < -0.3 is 11.1 Å². The zero-order chi connectivity index (χ0) is 13.8. The molecule has 100 valence electrons. The number of hydrogen-bond acceptors (Lipinski definition) is 2. The molecule has 18 heavy (non-hydrogen) atoms. The van der Waals surface area contributed by atoms with Crippen LogP contribution in [0.4, 0.5) is 4.39 Å². The van der Waals surface area contributed by atoms with E-state index in [2.05, 4.69) is 5.32 Å². The molecule has 1 atom stereocenters. The Morgan fingerprint density at radius 2 is 2.17 bits per heavy atom. The van der Waals surface area contributed by atoms with E-state index in [1.807, 2.05) is 20.8 Å². The maximum absolute atomic E-state index is 13.2. The molecule has 1 aromatic rings. The zero-order valence-corrected chi connectivity index (χ0v) is 11.2. The second-order valence-corrected chi connectivity index (χ2v) is 5.02. The van der Waals surface area contributed by atoms with Crippen molar-refractivity contribution >= 4 is 5.91 Å². The molecule has 0 radical (unpaired) electrons. The van der Waals surface area contributed by atoms with Crippen LogP contribution < -0.4 is 11.1 Å². The SMILES string of the molecule is CCCC(N)C(=O)NC(C)(C)c1cccc(F)c1. The lowest BCUT2D eigenvalue weighted by Gasteiger charge is -2.28. The monoisotopic (exact) mass is 252 g/mol. The predicted octanol–water partition coefficient (Wildman–Crippen LogP) is 2.30. The second-order valence-electron chi connectivity index (χ2n) is 5.02. The lowest BCUT2D eigenvalue weighted by molar-refractivity contribution is -0.124. The summed E-state index contributed by atoms with van der Waals surface area (Å²) in [5.74, 6) is -0.515. The fourth-order valence-electron chi connectivity index (χ4n) is 1.79. The summed E-state index contributed by atoms with van der Waals surface area (Å²) >= 11 is 0. The van der Waals surface area contributed by atoms with Gasteiger partial charge in [-0.1, -0.05) is 25.5 Å². The van der Waals surface area contributed by atoms with Gasteiger partial charge >= 0.3 is 0 Å². The molecule has 1 aromatic carbocycles. The van der Waals surface area contributed by atoms with Crippen LogP contribution in [-0.2, 0) is 10.3 Å². The lowest BCUT2D eigenvalue weighted by atomic mass is 9.93. The molecule has 1 amide bonds. The van der Waals surface area contributed by atoms with Gasteiger partial charge in [-0.25, -0.2) is 4.39 Å². The van der Waals surface area contributed by atoms with Crippen molar-refractivity contribution in [3.05, 3.63) is 35.6 Å². The number of nitrogens with one attached hydrogen (secondary N) is 1. The summed E-state index contributed by atoms with van der Waals surface area (Å²) in [6, 6.07) is 5.71. The van der Waals surface area contributed by atoms with Crippen LogP contribution in [-0.4, -0.2) is 11.9 Å². The molecule has 0 saturated heterocycles. The quantitative estimate of drug-likeness (QED) is 0.845. The molecule has 0 bridgehead atoms. The Morgan fingerprint density at radius 3 is 2.72 bits per heavy atom. The van der Waals surface area contributed by atoms with E-state index < -0.39 is 11.6 Å². The number of nitrogens with two attached hydrogens (primary N) is 1. The van der Waals surface area contributed by atoms with Gasteiger partial charge in [-0.15, -0.1) is 0 Å². The lowest BCUT2D eigenvalue weighted by Crippen LogP contribution is -2.48. The van der Waals surface area contributed by atoms with Gasteiger partial charge in [-0.3, -0.25) is 4.79 Å². The van der Waals surface area contributed by atoms with Crippen molar-refractivity contribution in [2.24, 2.45) is 5.73 Å². The Bertz CT molecular complexity index is 418. The number of carbonyl (C=O) groups excluding carboxylic acids is 1. The molecular weight excluding hydrogens is 231 g/mol. The third-order valence-corrected chi connectivity index (χ3v) is 2.92. The fourth-order valence-corrected chi connectivity index (χ4v) is 1.79. The molecule has 0 aromatic heterocycles. The first-order chi connectivity index (χ1) is 8.36. The van der Waals surface area contributed by atoms with Gasteiger partial charge in [0.25, 0.3) is 0 Å². The van der Waals surface area contributed by atoms with E-state index in [1.165, 1.54) is 12.1 Å². The number of hydrogen-bond donors (Lipinski definition) is 2. The third kappa shape index (κ3) is 3.81. The average molecular weight is 252 g/mol. The highest BCUT2D eigenvalue weighted by Crippen LogP contribution is 2.20. The van der Waals surface area contributed by atoms with Crippen LogP contribution in [0.1, 0.15) is 39.2 Å². The Kier molecular flexibility index (Phi) is 4.84. The van der Waals surface area contributed by atoms with E-state index in [4.69, 9.17) is 5.73 Å². The van der Waals surface area contributed by atoms with E-state index in [0.717, 1.165) is 12.0 Å². The van der Waals surface area contributed by atoms with Crippen LogP contribution in [0.15, 0.2) is 24.3 Å². The topological polar surface area (TPSA) is 55.1 Å². The van der Waals surface area contributed by atoms with Crippen LogP contribution in [0.25, 0.3) is 0 Å². The standard InChI is InChI=1S/C14H21FN2O/c1-4-6-12(16)13(18)17-14(2,3)10-7-5-8-11(15)9-10/h5,7-9,12H,4,6,16H2,1-3H3,(H,17,18). The Labute approximate surface area is 108 Å². The number of amides is 1. The Hall–Kier alpha value is -1.42. The maximum atomic E-state index is 13.2. The smallest absolute Gasteiger partial charge is 0.237 e. The van der Waals surface area contributed by atoms with Crippen molar-refractivity contribution < 1.29 is 9.18 Å². The number of carbonyl (C=O) groups is 1. The van der Waals surface area contributed by atoms with Gasteiger partial charge in [0.15, 0.2) is 0 Å². The molecule has 3 N–H and O–H groups in total. The third-order valence-electron chi connectivity index (χ3n) is 2.92. The largest absolute Gasteiger partial charge is 0.346 e. The van der Waals surface area contributed by atoms with Crippen molar-refractivity contribution in [1.82, 2.24) is 5.32 Å². The van der Waals surface area contributed by atoms with E-state index in [-0.39, 0.29) is 11.7 Å². The molecule has 1 unspecified atom stereocenters. The highest BCUT2D eigenvalue weighted by molar-refractivity contribution is 5.82. The van der Waals surface area contributed by atoms with Gasteiger partial charge in [0.05, 0.1) is 11.6 Å². The minimum atomic E-state index is -0.634. The first-order valence-corrected chi connectivity index (χ1v) is 6.20. The molecule has 0 aliphatic heterocycles. The van der Waals surface area contributed by atoms with Gasteiger partial charge in [0, 0.05) is 0 Å². The first kappa shape index (κ1) is 14.6. The van der Waals surface area contributed by atoms with Crippen LogP contribution in [0.3, 0.4) is 0 Å². The molecule has 0 fully saturated rings. The summed E-state index contributed by atoms with van der Waals surface area (Å²) in [5.41, 5.74) is 5.84. The summed E-state index contributed by atoms with van der Waals surface area (Å²) in [6.07, 6.45) is 1.50. The van der Waals surface area contributed by atoms with E-state index in [9.17, 15) is 9.18 Å². The van der Waals surface area contributed by atoms with Crippen molar-refractivity contribution in [1.29, 1.82) is 0 Å². The highest BCUT2D eigenvalue weighted by Gasteiger charge is 2.25. The fraction of sp³-hybridized carbons (Fsp3) is 0.500. The summed E-state index contributed by atoms with van der Waals surface area (Å²) in [5, 5.41) is 2.85. The van der Waals surface area contributed by atoms with Gasteiger partial charge in [0.1, 0.15) is 5.82 Å². The molecule has 0 heterocycles. The first-order valence-electron chi connectivity index (χ1n) is 6.20. The molecule has 1 rings (SSSR count).